The van der Waals surface area contributed by atoms with E-state index in [4.69, 9.17) is 9.72 Å². The number of likely N-dealkylation sites (N-methyl/N-ethyl adjacent to an activating group) is 1. The fourth-order valence-electron chi connectivity index (χ4n) is 9.11. The number of hydrogen-bond donors (Lipinski definition) is 1. The molecular weight excluding hydrogens is 646 g/mol. The minimum Gasteiger partial charge on any atom is -0.476 e. The Balaban J connectivity index is 1.29. The molecule has 262 valence electrons. The molecule has 1 aliphatic carbocycles. The number of pyridine rings is 1. The van der Waals surface area contributed by atoms with Crippen LogP contribution in [0.15, 0.2) is 48.5 Å². The monoisotopic (exact) mass is 688 g/mol. The molecule has 2 bridgehead atoms. The highest BCUT2D eigenvalue weighted by molar-refractivity contribution is 6.10. The second-order valence-corrected chi connectivity index (χ2v) is 15.0. The predicted octanol–water partition coefficient (Wildman–Crippen LogP) is 6.91. The molecule has 4 aliphatic heterocycles. The van der Waals surface area contributed by atoms with Gasteiger partial charge in [-0.15, -0.1) is 0 Å². The Morgan fingerprint density at radius 3 is 2.67 bits per heavy atom. The zero-order chi connectivity index (χ0) is 34.8. The quantitative estimate of drug-likeness (QED) is 0.172. The summed E-state index contributed by atoms with van der Waals surface area (Å²) in [5, 5.41) is 16.2. The maximum atomic E-state index is 17.6. The first-order chi connectivity index (χ1) is 24.9. The van der Waals surface area contributed by atoms with E-state index in [2.05, 4.69) is 34.0 Å². The van der Waals surface area contributed by atoms with Crippen LogP contribution in [0.25, 0.3) is 43.7 Å². The van der Waals surface area contributed by atoms with Crippen molar-refractivity contribution in [2.45, 2.75) is 69.5 Å². The Hall–Kier alpha value is -4.59. The summed E-state index contributed by atoms with van der Waals surface area (Å²) in [4.78, 5) is 22.3. The zero-order valence-electron chi connectivity index (χ0n) is 28.9. The smallest absolute Gasteiger partial charge is 0.223 e. The third-order valence-electron chi connectivity index (χ3n) is 12.0. The predicted molar refractivity (Wildman–Crippen MR) is 194 cm³/mol. The summed E-state index contributed by atoms with van der Waals surface area (Å²) < 4.78 is 41.2. The van der Waals surface area contributed by atoms with Gasteiger partial charge < -0.3 is 24.4 Å². The molecule has 8 nitrogen and oxygen atoms in total. The van der Waals surface area contributed by atoms with Crippen molar-refractivity contribution in [1.29, 1.82) is 5.26 Å². The number of nitrogens with one attached hydrogen (secondary N) is 1. The van der Waals surface area contributed by atoms with Crippen LogP contribution in [0.2, 0.25) is 0 Å². The Morgan fingerprint density at radius 2 is 1.94 bits per heavy atom. The topological polar surface area (TPSA) is 86.4 Å². The first-order valence-electron chi connectivity index (χ1n) is 18.5. The Labute approximate surface area is 296 Å². The lowest BCUT2D eigenvalue weighted by atomic mass is 9.79. The van der Waals surface area contributed by atoms with Crippen LogP contribution in [0.3, 0.4) is 0 Å². The standard InChI is InChI=1S/C41H42F2N6O2/c1-47-15-4-8-29(47)23-51-41-33-21-28(12-13-35(50)48-16-5-17-48)49(39-26-19-34(39)45-22-26)40(33)32-18-25(7-3-14-44)36(37(43)38(32)46-41)30-9-2-6-24-10-11-27(42)20-31(24)30/h2,6,9-11,18,20-21,26,29,34,39,45H,3-5,7-8,12-13,15-17,19,22-23H2,1H3. The Kier molecular flexibility index (Phi) is 8.16. The lowest BCUT2D eigenvalue weighted by Gasteiger charge is -2.38. The molecule has 1 saturated carbocycles. The average Bonchev–Trinajstić information content (AvgIpc) is 3.90. The van der Waals surface area contributed by atoms with E-state index in [1.54, 1.807) is 6.07 Å². The van der Waals surface area contributed by atoms with Gasteiger partial charge in [-0.25, -0.2) is 13.8 Å². The van der Waals surface area contributed by atoms with Gasteiger partial charge in [0.15, 0.2) is 5.82 Å². The zero-order valence-corrected chi connectivity index (χ0v) is 28.9. The minimum atomic E-state index is -0.501. The summed E-state index contributed by atoms with van der Waals surface area (Å²) in [5.41, 5.74) is 3.69. The molecule has 51 heavy (non-hydrogen) atoms. The van der Waals surface area contributed by atoms with Crippen LogP contribution in [-0.2, 0) is 17.6 Å². The summed E-state index contributed by atoms with van der Waals surface area (Å²) in [6, 6.07) is 17.2. The SMILES string of the molecule is CN1CCCC1COc1nc2c(F)c(-c3cccc4ccc(F)cc34)c(CCC#N)cc2c2c1cc(CCC(=O)N1CCC1)n2C1C2CNC1C2. The number of amides is 1. The average molecular weight is 689 g/mol. The molecule has 4 unspecified atom stereocenters. The molecular formula is C41H42F2N6O2. The Bertz CT molecular complexity index is 2230. The molecule has 4 atom stereocenters. The molecule has 10 rings (SSSR count). The summed E-state index contributed by atoms with van der Waals surface area (Å²) in [6.07, 6.45) is 5.75. The fourth-order valence-corrected chi connectivity index (χ4v) is 9.11. The maximum Gasteiger partial charge on any atom is 0.223 e. The number of rotatable bonds is 10. The van der Waals surface area contributed by atoms with Crippen molar-refractivity contribution in [2.75, 3.05) is 39.8 Å². The van der Waals surface area contributed by atoms with Crippen LogP contribution in [-0.4, -0.2) is 77.2 Å². The molecule has 0 spiro atoms. The van der Waals surface area contributed by atoms with Gasteiger partial charge in [0.05, 0.1) is 23.0 Å². The molecule has 5 fully saturated rings. The van der Waals surface area contributed by atoms with Gasteiger partial charge in [0.25, 0.3) is 0 Å². The molecule has 5 aliphatic rings. The summed E-state index contributed by atoms with van der Waals surface area (Å²) in [5.74, 6) is 0.0909. The van der Waals surface area contributed by atoms with E-state index in [9.17, 15) is 14.4 Å². The van der Waals surface area contributed by atoms with Crippen molar-refractivity contribution in [3.63, 3.8) is 0 Å². The van der Waals surface area contributed by atoms with Gasteiger partial charge >= 0.3 is 0 Å². The van der Waals surface area contributed by atoms with Crippen LogP contribution in [0.4, 0.5) is 8.78 Å². The molecule has 4 saturated heterocycles. The third kappa shape index (κ3) is 5.44. The lowest BCUT2D eigenvalue weighted by Crippen LogP contribution is -2.42. The number of fused-ring (bicyclic) bond motifs is 5. The number of hydrogen-bond acceptors (Lipinski definition) is 6. The van der Waals surface area contributed by atoms with Crippen LogP contribution in [0, 0.1) is 28.9 Å². The molecule has 2 aromatic heterocycles. The Morgan fingerprint density at radius 1 is 1.06 bits per heavy atom. The molecule has 3 aromatic carbocycles. The first-order valence-corrected chi connectivity index (χ1v) is 18.5. The van der Waals surface area contributed by atoms with Crippen molar-refractivity contribution in [2.24, 2.45) is 5.92 Å². The highest BCUT2D eigenvalue weighted by Crippen LogP contribution is 2.49. The van der Waals surface area contributed by atoms with Crippen molar-refractivity contribution in [1.82, 2.24) is 24.7 Å². The number of benzene rings is 3. The van der Waals surface area contributed by atoms with E-state index in [1.807, 2.05) is 29.2 Å². The van der Waals surface area contributed by atoms with Gasteiger partial charge in [-0.3, -0.25) is 4.79 Å². The number of halogens is 2. The number of nitriles is 1. The summed E-state index contributed by atoms with van der Waals surface area (Å²) >= 11 is 0. The molecule has 10 heteroatoms. The third-order valence-corrected chi connectivity index (χ3v) is 12.0. The van der Waals surface area contributed by atoms with Gasteiger partial charge in [-0.1, -0.05) is 24.3 Å². The van der Waals surface area contributed by atoms with E-state index in [0.717, 1.165) is 73.8 Å². The van der Waals surface area contributed by atoms with Gasteiger partial charge in [0.2, 0.25) is 11.8 Å². The van der Waals surface area contributed by atoms with Crippen LogP contribution >= 0.6 is 0 Å². The van der Waals surface area contributed by atoms with E-state index in [-0.39, 0.29) is 29.9 Å². The van der Waals surface area contributed by atoms with E-state index < -0.39 is 11.6 Å². The molecule has 0 radical (unpaired) electrons. The number of carbonyl (C=O) groups excluding carboxylic acids is 1. The largest absolute Gasteiger partial charge is 0.476 e. The fraction of sp³-hybridized carbons (Fsp3) is 0.439. The highest BCUT2D eigenvalue weighted by Gasteiger charge is 2.49. The summed E-state index contributed by atoms with van der Waals surface area (Å²) in [7, 11) is 2.11. The van der Waals surface area contributed by atoms with Crippen molar-refractivity contribution >= 4 is 38.5 Å². The number of aromatic nitrogens is 2. The second-order valence-electron chi connectivity index (χ2n) is 15.0. The first kappa shape index (κ1) is 32.3. The number of nitrogens with zero attached hydrogens (tertiary/aromatic N) is 5. The normalized spacial score (nSPS) is 22.8. The summed E-state index contributed by atoms with van der Waals surface area (Å²) in [6.45, 7) is 4.00. The highest BCUT2D eigenvalue weighted by atomic mass is 19.1. The van der Waals surface area contributed by atoms with Crippen molar-refractivity contribution in [3.8, 4) is 23.1 Å². The van der Waals surface area contributed by atoms with Crippen molar-refractivity contribution in [3.05, 3.63) is 71.4 Å². The van der Waals surface area contributed by atoms with E-state index in [0.29, 0.717) is 71.2 Å². The molecule has 1 amide bonds. The number of carbonyl (C=O) groups is 1. The maximum absolute atomic E-state index is 17.6. The van der Waals surface area contributed by atoms with Crippen LogP contribution < -0.4 is 10.1 Å². The number of likely N-dealkylation sites (tertiary alicyclic amines) is 2. The van der Waals surface area contributed by atoms with Crippen LogP contribution in [0.5, 0.6) is 5.88 Å². The number of aryl methyl sites for hydroxylation is 2. The lowest BCUT2D eigenvalue weighted by molar-refractivity contribution is -0.134. The van der Waals surface area contributed by atoms with Crippen molar-refractivity contribution < 1.29 is 18.3 Å². The van der Waals surface area contributed by atoms with Gasteiger partial charge in [-0.05, 0) is 104 Å². The number of ether oxygens (including phenoxy) is 1. The molecule has 6 heterocycles. The van der Waals surface area contributed by atoms with E-state index in [1.165, 1.54) is 12.1 Å². The van der Waals surface area contributed by atoms with Gasteiger partial charge in [-0.2, -0.15) is 5.26 Å². The molecule has 1 N–H and O–H groups in total. The van der Waals surface area contributed by atoms with Gasteiger partial charge in [0, 0.05) is 61.2 Å². The second kappa shape index (κ2) is 12.9. The van der Waals surface area contributed by atoms with Crippen LogP contribution in [0.1, 0.15) is 55.8 Å². The van der Waals surface area contributed by atoms with Gasteiger partial charge in [0.1, 0.15) is 17.9 Å². The molecule has 5 aromatic rings. The van der Waals surface area contributed by atoms with E-state index >= 15 is 4.39 Å². The minimum absolute atomic E-state index is 0.164.